The van der Waals surface area contributed by atoms with Crippen molar-refractivity contribution >= 4 is 0 Å². The molecule has 0 spiro atoms. The molecule has 0 atom stereocenters. The van der Waals surface area contributed by atoms with Gasteiger partial charge in [-0.05, 0) is 6.08 Å². The molecule has 3 heteroatoms. The Morgan fingerprint density at radius 3 is 2.56 bits per heavy atom. The van der Waals surface area contributed by atoms with E-state index >= 15 is 0 Å². The summed E-state index contributed by atoms with van der Waals surface area (Å²) < 4.78 is 24.5. The summed E-state index contributed by atoms with van der Waals surface area (Å²) in [6, 6.07) is 0. The van der Waals surface area contributed by atoms with Gasteiger partial charge in [-0.1, -0.05) is 6.08 Å². The van der Waals surface area contributed by atoms with Crippen molar-refractivity contribution in [3.8, 4) is 0 Å². The predicted octanol–water partition coefficient (Wildman–Crippen LogP) is 1.42. The van der Waals surface area contributed by atoms with Crippen LogP contribution >= 0.6 is 0 Å². The van der Waals surface area contributed by atoms with E-state index in [4.69, 9.17) is 5.73 Å². The normalized spacial score (nSPS) is 23.6. The van der Waals surface area contributed by atoms with Crippen molar-refractivity contribution in [1.82, 2.24) is 0 Å². The Morgan fingerprint density at radius 1 is 1.56 bits per heavy atom. The van der Waals surface area contributed by atoms with Gasteiger partial charge in [0.25, 0.3) is 5.92 Å². The predicted molar refractivity (Wildman–Crippen MR) is 31.0 cm³/mol. The van der Waals surface area contributed by atoms with Gasteiger partial charge in [0.05, 0.1) is 0 Å². The zero-order chi connectivity index (χ0) is 6.91. The fraction of sp³-hybridized carbons (Fsp3) is 0.333. The average molecular weight is 131 g/mol. The fourth-order valence-electron chi connectivity index (χ4n) is 0.703. The van der Waals surface area contributed by atoms with E-state index in [1.54, 1.807) is 0 Å². The van der Waals surface area contributed by atoms with Crippen molar-refractivity contribution in [2.45, 2.75) is 12.3 Å². The third kappa shape index (κ3) is 1.52. The monoisotopic (exact) mass is 131 g/mol. The summed E-state index contributed by atoms with van der Waals surface area (Å²) in [7, 11) is 0. The van der Waals surface area contributed by atoms with Gasteiger partial charge in [-0.2, -0.15) is 0 Å². The quantitative estimate of drug-likeness (QED) is 0.528. The maximum absolute atomic E-state index is 12.2. The van der Waals surface area contributed by atoms with E-state index in [0.29, 0.717) is 0 Å². The van der Waals surface area contributed by atoms with Gasteiger partial charge in [-0.3, -0.25) is 0 Å². The molecular weight excluding hydrogens is 124 g/mol. The molecule has 0 amide bonds. The average Bonchev–Trinajstić information content (AvgIpc) is 1.60. The Bertz CT molecular complexity index is 170. The zero-order valence-electron chi connectivity index (χ0n) is 4.77. The van der Waals surface area contributed by atoms with Crippen LogP contribution < -0.4 is 5.73 Å². The Morgan fingerprint density at radius 2 is 2.22 bits per heavy atom. The van der Waals surface area contributed by atoms with E-state index in [1.165, 1.54) is 12.2 Å². The first-order valence-electron chi connectivity index (χ1n) is 2.63. The van der Waals surface area contributed by atoms with Gasteiger partial charge < -0.3 is 5.73 Å². The Hall–Kier alpha value is -0.860. The highest BCUT2D eigenvalue weighted by Gasteiger charge is 2.25. The number of allylic oxidation sites excluding steroid dienone is 3. The zero-order valence-corrected chi connectivity index (χ0v) is 4.77. The van der Waals surface area contributed by atoms with E-state index in [2.05, 4.69) is 0 Å². The van der Waals surface area contributed by atoms with Crippen LogP contribution in [0.4, 0.5) is 8.78 Å². The van der Waals surface area contributed by atoms with Crippen molar-refractivity contribution in [1.29, 1.82) is 0 Å². The summed E-state index contributed by atoms with van der Waals surface area (Å²) in [5.41, 5.74) is 5.25. The van der Waals surface area contributed by atoms with Crippen LogP contribution in [-0.2, 0) is 0 Å². The highest BCUT2D eigenvalue weighted by Crippen LogP contribution is 2.24. The topological polar surface area (TPSA) is 26.0 Å². The van der Waals surface area contributed by atoms with Crippen LogP contribution in [0.2, 0.25) is 0 Å². The molecule has 0 saturated heterocycles. The molecule has 50 valence electrons. The van der Waals surface area contributed by atoms with Crippen LogP contribution in [0.5, 0.6) is 0 Å². The van der Waals surface area contributed by atoms with Crippen LogP contribution in [-0.4, -0.2) is 5.92 Å². The summed E-state index contributed by atoms with van der Waals surface area (Å²) in [6.45, 7) is 0. The van der Waals surface area contributed by atoms with Gasteiger partial charge in [0.2, 0.25) is 0 Å². The van der Waals surface area contributed by atoms with Gasteiger partial charge in [0, 0.05) is 18.2 Å². The maximum atomic E-state index is 12.2. The summed E-state index contributed by atoms with van der Waals surface area (Å²) >= 11 is 0. The standard InChI is InChI=1S/C6H7F2N/c7-6(8)3-1-2-5(9)4-6/h1-2,4H,3,9H2. The van der Waals surface area contributed by atoms with E-state index in [-0.39, 0.29) is 12.1 Å². The van der Waals surface area contributed by atoms with E-state index in [9.17, 15) is 8.78 Å². The number of rotatable bonds is 0. The lowest BCUT2D eigenvalue weighted by Gasteiger charge is -2.12. The molecular formula is C6H7F2N. The summed E-state index contributed by atoms with van der Waals surface area (Å²) in [5, 5.41) is 0. The minimum atomic E-state index is -2.72. The largest absolute Gasteiger partial charge is 0.399 e. The molecule has 0 aromatic heterocycles. The number of halogens is 2. The minimum Gasteiger partial charge on any atom is -0.399 e. The SMILES string of the molecule is NC1=CC(F)(F)CC=C1. The first-order chi connectivity index (χ1) is 4.10. The number of hydrogen-bond donors (Lipinski definition) is 1. The van der Waals surface area contributed by atoms with Crippen LogP contribution in [0.25, 0.3) is 0 Å². The van der Waals surface area contributed by atoms with Crippen LogP contribution in [0, 0.1) is 0 Å². The fourth-order valence-corrected chi connectivity index (χ4v) is 0.703. The highest BCUT2D eigenvalue weighted by molar-refractivity contribution is 5.23. The second kappa shape index (κ2) is 1.83. The number of alkyl halides is 2. The molecule has 0 saturated carbocycles. The van der Waals surface area contributed by atoms with E-state index < -0.39 is 5.92 Å². The maximum Gasteiger partial charge on any atom is 0.272 e. The highest BCUT2D eigenvalue weighted by atomic mass is 19.3. The molecule has 2 N–H and O–H groups in total. The molecule has 1 rings (SSSR count). The van der Waals surface area contributed by atoms with E-state index in [1.807, 2.05) is 0 Å². The van der Waals surface area contributed by atoms with Gasteiger partial charge >= 0.3 is 0 Å². The van der Waals surface area contributed by atoms with Gasteiger partial charge in [-0.15, -0.1) is 0 Å². The molecule has 1 aliphatic rings. The third-order valence-electron chi connectivity index (χ3n) is 1.08. The summed E-state index contributed by atoms with van der Waals surface area (Å²) in [6.07, 6.45) is 3.40. The summed E-state index contributed by atoms with van der Waals surface area (Å²) in [5.74, 6) is -2.72. The van der Waals surface area contributed by atoms with Crippen LogP contribution in [0.15, 0.2) is 23.9 Å². The van der Waals surface area contributed by atoms with Crippen LogP contribution in [0.1, 0.15) is 6.42 Å². The van der Waals surface area contributed by atoms with Gasteiger partial charge in [0.15, 0.2) is 0 Å². The van der Waals surface area contributed by atoms with Crippen molar-refractivity contribution in [2.24, 2.45) is 5.73 Å². The Balaban J connectivity index is 2.78. The lowest BCUT2D eigenvalue weighted by Crippen LogP contribution is -2.16. The molecule has 0 unspecified atom stereocenters. The van der Waals surface area contributed by atoms with Crippen LogP contribution in [0.3, 0.4) is 0 Å². The summed E-state index contributed by atoms with van der Waals surface area (Å²) in [4.78, 5) is 0. The molecule has 9 heavy (non-hydrogen) atoms. The van der Waals surface area contributed by atoms with Crippen molar-refractivity contribution < 1.29 is 8.78 Å². The lowest BCUT2D eigenvalue weighted by molar-refractivity contribution is 0.0566. The molecule has 1 aliphatic carbocycles. The van der Waals surface area contributed by atoms with Crippen molar-refractivity contribution in [3.05, 3.63) is 23.9 Å². The van der Waals surface area contributed by atoms with Gasteiger partial charge in [0.1, 0.15) is 0 Å². The third-order valence-corrected chi connectivity index (χ3v) is 1.08. The first-order valence-corrected chi connectivity index (χ1v) is 2.63. The molecule has 0 aliphatic heterocycles. The second-order valence-electron chi connectivity index (χ2n) is 2.01. The molecule has 0 fully saturated rings. The second-order valence-corrected chi connectivity index (χ2v) is 2.01. The number of nitrogens with two attached hydrogens (primary N) is 1. The van der Waals surface area contributed by atoms with E-state index in [0.717, 1.165) is 6.08 Å². The smallest absolute Gasteiger partial charge is 0.272 e. The minimum absolute atomic E-state index is 0.145. The van der Waals surface area contributed by atoms with Crippen molar-refractivity contribution in [2.75, 3.05) is 0 Å². The first kappa shape index (κ1) is 6.26. The lowest BCUT2D eigenvalue weighted by atomic mass is 10.1. The van der Waals surface area contributed by atoms with Crippen molar-refractivity contribution in [3.63, 3.8) is 0 Å². The van der Waals surface area contributed by atoms with Gasteiger partial charge in [-0.25, -0.2) is 8.78 Å². The number of hydrogen-bond acceptors (Lipinski definition) is 1. The molecule has 0 aromatic rings. The molecule has 1 nitrogen and oxygen atoms in total. The molecule has 0 radical (unpaired) electrons. The Kier molecular flexibility index (Phi) is 1.27. The Labute approximate surface area is 51.8 Å². The molecule has 0 heterocycles. The molecule has 0 bridgehead atoms. The molecule has 0 aromatic carbocycles.